The Hall–Kier alpha value is -4.01. The predicted molar refractivity (Wildman–Crippen MR) is 106 cm³/mol. The van der Waals surface area contributed by atoms with Crippen molar-refractivity contribution in [3.63, 3.8) is 0 Å². The van der Waals surface area contributed by atoms with Gasteiger partial charge in [-0.15, -0.1) is 5.10 Å². The van der Waals surface area contributed by atoms with Gasteiger partial charge in [-0.1, -0.05) is 53.7 Å². The number of halogens is 3. The minimum Gasteiger partial charge on any atom is -0.338 e. The second kappa shape index (κ2) is 8.39. The summed E-state index contributed by atoms with van der Waals surface area (Å²) in [5.74, 6) is -0.588. The highest BCUT2D eigenvalue weighted by molar-refractivity contribution is 5.92. The van der Waals surface area contributed by atoms with Crippen LogP contribution in [0.15, 0.2) is 85.2 Å². The van der Waals surface area contributed by atoms with Crippen molar-refractivity contribution in [2.24, 2.45) is 0 Å². The molecule has 0 aliphatic heterocycles. The Balaban J connectivity index is 1.63. The van der Waals surface area contributed by atoms with Crippen LogP contribution in [-0.2, 0) is 6.18 Å². The van der Waals surface area contributed by atoms with Crippen LogP contribution in [-0.4, -0.2) is 25.9 Å². The number of rotatable bonds is 5. The summed E-state index contributed by atoms with van der Waals surface area (Å²) in [5.41, 5.74) is 0.198. The standard InChI is InChI=1S/C22H16F3N5O/c23-22(24,25)16-10-4-5-12-19(16)30-14-18(28-29-30)21(31)27-20(15-8-2-1-3-9-15)17-11-6-7-13-26-17/h1-14,20H,(H,27,31). The van der Waals surface area contributed by atoms with Gasteiger partial charge in [0.05, 0.1) is 29.2 Å². The maximum atomic E-state index is 13.3. The molecule has 0 fully saturated rings. The number of amides is 1. The zero-order valence-electron chi connectivity index (χ0n) is 16.0. The van der Waals surface area contributed by atoms with E-state index in [2.05, 4.69) is 20.6 Å². The Morgan fingerprint density at radius 1 is 0.935 bits per heavy atom. The van der Waals surface area contributed by atoms with Crippen LogP contribution in [0.25, 0.3) is 5.69 Å². The molecule has 0 bridgehead atoms. The van der Waals surface area contributed by atoms with Gasteiger partial charge in [-0.2, -0.15) is 13.2 Å². The minimum absolute atomic E-state index is 0.117. The number of pyridine rings is 1. The molecule has 1 N–H and O–H groups in total. The van der Waals surface area contributed by atoms with Gasteiger partial charge in [0, 0.05) is 6.20 Å². The van der Waals surface area contributed by atoms with Gasteiger partial charge < -0.3 is 5.32 Å². The molecule has 31 heavy (non-hydrogen) atoms. The first-order valence-electron chi connectivity index (χ1n) is 9.29. The summed E-state index contributed by atoms with van der Waals surface area (Å²) >= 11 is 0. The SMILES string of the molecule is O=C(NC(c1ccccc1)c1ccccn1)c1cn(-c2ccccc2C(F)(F)F)nn1. The van der Waals surface area contributed by atoms with Crippen LogP contribution in [0.4, 0.5) is 13.2 Å². The zero-order valence-corrected chi connectivity index (χ0v) is 16.0. The molecular formula is C22H16F3N5O. The molecule has 0 saturated heterocycles. The maximum Gasteiger partial charge on any atom is 0.418 e. The molecule has 156 valence electrons. The van der Waals surface area contributed by atoms with E-state index in [1.54, 1.807) is 24.4 Å². The summed E-state index contributed by atoms with van der Waals surface area (Å²) in [5, 5.41) is 10.3. The van der Waals surface area contributed by atoms with Crippen molar-refractivity contribution >= 4 is 5.91 Å². The number of aromatic nitrogens is 4. The Labute approximate surface area is 175 Å². The van der Waals surface area contributed by atoms with E-state index in [1.165, 1.54) is 24.4 Å². The van der Waals surface area contributed by atoms with Crippen LogP contribution >= 0.6 is 0 Å². The van der Waals surface area contributed by atoms with Crippen molar-refractivity contribution in [2.75, 3.05) is 0 Å². The number of alkyl halides is 3. The van der Waals surface area contributed by atoms with E-state index in [1.807, 2.05) is 30.3 Å². The Bertz CT molecular complexity index is 1140. The predicted octanol–water partition coefficient (Wildman–Crippen LogP) is 4.20. The summed E-state index contributed by atoms with van der Waals surface area (Å²) in [6.07, 6.45) is -1.79. The average molecular weight is 423 g/mol. The van der Waals surface area contributed by atoms with Crippen molar-refractivity contribution in [1.29, 1.82) is 0 Å². The highest BCUT2D eigenvalue weighted by Crippen LogP contribution is 2.33. The van der Waals surface area contributed by atoms with Crippen LogP contribution in [0.2, 0.25) is 0 Å². The Morgan fingerprint density at radius 3 is 2.35 bits per heavy atom. The molecule has 0 aliphatic carbocycles. The zero-order chi connectivity index (χ0) is 21.8. The van der Waals surface area contributed by atoms with E-state index >= 15 is 0 Å². The summed E-state index contributed by atoms with van der Waals surface area (Å²) in [4.78, 5) is 17.2. The number of nitrogens with one attached hydrogen (secondary N) is 1. The molecule has 4 rings (SSSR count). The number of benzene rings is 2. The molecule has 0 radical (unpaired) electrons. The van der Waals surface area contributed by atoms with Gasteiger partial charge in [-0.05, 0) is 29.8 Å². The highest BCUT2D eigenvalue weighted by atomic mass is 19.4. The normalized spacial score (nSPS) is 12.4. The average Bonchev–Trinajstić information content (AvgIpc) is 3.28. The number of hydrogen-bond acceptors (Lipinski definition) is 4. The van der Waals surface area contributed by atoms with Crippen LogP contribution in [0.1, 0.15) is 33.4 Å². The van der Waals surface area contributed by atoms with Gasteiger partial charge in [0.1, 0.15) is 0 Å². The molecule has 2 aromatic carbocycles. The first-order chi connectivity index (χ1) is 14.9. The van der Waals surface area contributed by atoms with Gasteiger partial charge in [0.2, 0.25) is 0 Å². The second-order valence-corrected chi connectivity index (χ2v) is 6.64. The van der Waals surface area contributed by atoms with E-state index in [-0.39, 0.29) is 11.4 Å². The molecule has 4 aromatic rings. The number of carbonyl (C=O) groups is 1. The summed E-state index contributed by atoms with van der Waals surface area (Å²) in [6, 6.07) is 18.9. The van der Waals surface area contributed by atoms with Crippen LogP contribution in [0.5, 0.6) is 0 Å². The monoisotopic (exact) mass is 423 g/mol. The molecule has 2 aromatic heterocycles. The fourth-order valence-corrected chi connectivity index (χ4v) is 3.12. The number of nitrogens with zero attached hydrogens (tertiary/aromatic N) is 4. The number of carbonyl (C=O) groups excluding carboxylic acids is 1. The summed E-state index contributed by atoms with van der Waals surface area (Å²) < 4.78 is 40.8. The highest BCUT2D eigenvalue weighted by Gasteiger charge is 2.34. The van der Waals surface area contributed by atoms with Crippen molar-refractivity contribution in [1.82, 2.24) is 25.3 Å². The minimum atomic E-state index is -4.57. The number of para-hydroxylation sites is 1. The Morgan fingerprint density at radius 2 is 1.65 bits per heavy atom. The van der Waals surface area contributed by atoms with Crippen molar-refractivity contribution in [3.8, 4) is 5.69 Å². The van der Waals surface area contributed by atoms with Crippen molar-refractivity contribution in [2.45, 2.75) is 12.2 Å². The molecule has 1 amide bonds. The van der Waals surface area contributed by atoms with Crippen LogP contribution < -0.4 is 5.32 Å². The van der Waals surface area contributed by atoms with E-state index in [4.69, 9.17) is 0 Å². The second-order valence-electron chi connectivity index (χ2n) is 6.64. The smallest absolute Gasteiger partial charge is 0.338 e. The largest absolute Gasteiger partial charge is 0.418 e. The first kappa shape index (κ1) is 20.3. The van der Waals surface area contributed by atoms with Crippen molar-refractivity contribution < 1.29 is 18.0 Å². The Kier molecular flexibility index (Phi) is 5.48. The molecule has 0 saturated carbocycles. The first-order valence-corrected chi connectivity index (χ1v) is 9.29. The number of hydrogen-bond donors (Lipinski definition) is 1. The van der Waals surface area contributed by atoms with Crippen molar-refractivity contribution in [3.05, 3.63) is 108 Å². The third-order valence-electron chi connectivity index (χ3n) is 4.57. The lowest BCUT2D eigenvalue weighted by atomic mass is 10.0. The summed E-state index contributed by atoms with van der Waals surface area (Å²) in [7, 11) is 0. The maximum absolute atomic E-state index is 13.3. The molecule has 1 atom stereocenters. The van der Waals surface area contributed by atoms with Gasteiger partial charge in [0.15, 0.2) is 5.69 Å². The van der Waals surface area contributed by atoms with Gasteiger partial charge in [-0.25, -0.2) is 4.68 Å². The quantitative estimate of drug-likeness (QED) is 0.522. The molecule has 2 heterocycles. The molecule has 1 unspecified atom stereocenters. The molecular weight excluding hydrogens is 407 g/mol. The molecule has 0 spiro atoms. The fraction of sp³-hybridized carbons (Fsp3) is 0.0909. The van der Waals surface area contributed by atoms with Crippen LogP contribution in [0, 0.1) is 0 Å². The van der Waals surface area contributed by atoms with E-state index in [0.717, 1.165) is 16.3 Å². The third-order valence-corrected chi connectivity index (χ3v) is 4.57. The fourth-order valence-electron chi connectivity index (χ4n) is 3.12. The van der Waals surface area contributed by atoms with Gasteiger partial charge in [-0.3, -0.25) is 9.78 Å². The van der Waals surface area contributed by atoms with E-state index in [9.17, 15) is 18.0 Å². The molecule has 6 nitrogen and oxygen atoms in total. The summed E-state index contributed by atoms with van der Waals surface area (Å²) in [6.45, 7) is 0. The van der Waals surface area contributed by atoms with Crippen LogP contribution in [0.3, 0.4) is 0 Å². The third kappa shape index (κ3) is 4.45. The molecule has 0 aliphatic rings. The lowest BCUT2D eigenvalue weighted by Gasteiger charge is -2.18. The lowest BCUT2D eigenvalue weighted by molar-refractivity contribution is -0.137. The molecule has 9 heteroatoms. The topological polar surface area (TPSA) is 72.7 Å². The lowest BCUT2D eigenvalue weighted by Crippen LogP contribution is -2.30. The van der Waals surface area contributed by atoms with Gasteiger partial charge >= 0.3 is 6.18 Å². The van der Waals surface area contributed by atoms with Gasteiger partial charge in [0.25, 0.3) is 5.91 Å². The van der Waals surface area contributed by atoms with E-state index < -0.39 is 23.7 Å². The van der Waals surface area contributed by atoms with E-state index in [0.29, 0.717) is 5.69 Å².